The number of carbonyl (C=O) groups excluding carboxylic acids is 4. The van der Waals surface area contributed by atoms with Crippen LogP contribution in [0.4, 0.5) is 0 Å². The highest BCUT2D eigenvalue weighted by Crippen LogP contribution is 2.29. The van der Waals surface area contributed by atoms with Crippen molar-refractivity contribution in [2.75, 3.05) is 39.6 Å². The number of rotatable bonds is 10. The highest BCUT2D eigenvalue weighted by atomic mass is 16.5. The molecule has 1 aromatic rings. The second kappa shape index (κ2) is 11.5. The Morgan fingerprint density at radius 2 is 1.72 bits per heavy atom. The molecule has 0 aromatic heterocycles. The molecule has 4 amide bonds. The first kappa shape index (κ1) is 23.6. The van der Waals surface area contributed by atoms with E-state index in [2.05, 4.69) is 17.2 Å². The third kappa shape index (κ3) is 5.59. The fourth-order valence-corrected chi connectivity index (χ4v) is 3.46. The molecule has 3 rings (SSSR count). The number of carbonyl (C=O) groups is 4. The van der Waals surface area contributed by atoms with E-state index < -0.39 is 29.7 Å². The second-order valence-corrected chi connectivity index (χ2v) is 7.25. The van der Waals surface area contributed by atoms with Gasteiger partial charge in [-0.15, -0.1) is 0 Å². The minimum atomic E-state index is -1.00. The third-order valence-corrected chi connectivity index (χ3v) is 4.96. The fourth-order valence-electron chi connectivity index (χ4n) is 3.46. The lowest BCUT2D eigenvalue weighted by molar-refractivity contribution is -0.136. The van der Waals surface area contributed by atoms with Gasteiger partial charge in [0.15, 0.2) is 0 Å². The fraction of sp³-hybridized carbons (Fsp3) is 0.478. The van der Waals surface area contributed by atoms with E-state index in [0.29, 0.717) is 32.0 Å². The summed E-state index contributed by atoms with van der Waals surface area (Å²) < 4.78 is 16.1. The van der Waals surface area contributed by atoms with Gasteiger partial charge in [-0.25, -0.2) is 0 Å². The number of hydrogen-bond donors (Lipinski definition) is 1. The monoisotopic (exact) mass is 442 g/mol. The molecule has 170 valence electrons. The van der Waals surface area contributed by atoms with E-state index in [1.165, 1.54) is 6.07 Å². The topological polar surface area (TPSA) is 111 Å². The van der Waals surface area contributed by atoms with Crippen LogP contribution in [0.1, 0.15) is 52.5 Å². The molecule has 1 N–H and O–H groups in total. The number of amides is 4. The van der Waals surface area contributed by atoms with Crippen molar-refractivity contribution in [3.8, 4) is 11.8 Å². The number of piperidine rings is 1. The SMILES string of the molecule is CCCOCCOCCOCC#Cc1cccc2c1C(=O)N(C1CCC(=O)NC1=O)C2=O. The number of nitrogens with zero attached hydrogens (tertiary/aromatic N) is 1. The molecule has 2 aliphatic rings. The van der Waals surface area contributed by atoms with E-state index in [-0.39, 0.29) is 30.6 Å². The van der Waals surface area contributed by atoms with E-state index in [1.807, 2.05) is 6.92 Å². The van der Waals surface area contributed by atoms with E-state index in [0.717, 1.165) is 17.9 Å². The van der Waals surface area contributed by atoms with Crippen molar-refractivity contribution >= 4 is 23.6 Å². The standard InChI is InChI=1S/C23H26N2O7/c1-2-10-30-12-14-32-15-13-31-11-4-6-16-5-3-7-17-20(16)23(29)25(22(17)28)18-8-9-19(26)24-21(18)27/h3,5,7,18H,2,8-15H2,1H3,(H,24,26,27). The Hall–Kier alpha value is -3.06. The molecule has 1 saturated heterocycles. The number of fused-ring (bicyclic) bond motifs is 1. The van der Waals surface area contributed by atoms with Crippen LogP contribution in [0.3, 0.4) is 0 Å². The molecular weight excluding hydrogens is 416 g/mol. The van der Waals surface area contributed by atoms with E-state index in [9.17, 15) is 19.2 Å². The molecule has 1 fully saturated rings. The van der Waals surface area contributed by atoms with Crippen LogP contribution < -0.4 is 5.32 Å². The second-order valence-electron chi connectivity index (χ2n) is 7.25. The van der Waals surface area contributed by atoms with Gasteiger partial charge in [0.2, 0.25) is 11.8 Å². The first-order valence-electron chi connectivity index (χ1n) is 10.6. The number of hydrogen-bond acceptors (Lipinski definition) is 7. The van der Waals surface area contributed by atoms with Crippen molar-refractivity contribution in [1.82, 2.24) is 10.2 Å². The molecule has 1 atom stereocenters. The van der Waals surface area contributed by atoms with Gasteiger partial charge in [0.1, 0.15) is 12.6 Å². The Morgan fingerprint density at radius 1 is 1.00 bits per heavy atom. The van der Waals surface area contributed by atoms with Crippen molar-refractivity contribution in [2.24, 2.45) is 0 Å². The lowest BCUT2D eigenvalue weighted by Gasteiger charge is -2.27. The molecule has 1 aromatic carbocycles. The van der Waals surface area contributed by atoms with Gasteiger partial charge >= 0.3 is 0 Å². The summed E-state index contributed by atoms with van der Waals surface area (Å²) in [5.41, 5.74) is 0.764. The first-order chi connectivity index (χ1) is 15.5. The molecule has 0 spiro atoms. The third-order valence-electron chi connectivity index (χ3n) is 4.96. The maximum absolute atomic E-state index is 13.0. The van der Waals surface area contributed by atoms with Gasteiger partial charge in [0.25, 0.3) is 11.8 Å². The lowest BCUT2D eigenvalue weighted by Crippen LogP contribution is -2.54. The smallest absolute Gasteiger partial charge is 0.263 e. The zero-order valence-corrected chi connectivity index (χ0v) is 18.0. The maximum Gasteiger partial charge on any atom is 0.263 e. The summed E-state index contributed by atoms with van der Waals surface area (Å²) in [6.07, 6.45) is 1.15. The van der Waals surface area contributed by atoms with Crippen molar-refractivity contribution < 1.29 is 33.4 Å². The zero-order chi connectivity index (χ0) is 22.9. The van der Waals surface area contributed by atoms with Gasteiger partial charge in [-0.05, 0) is 25.0 Å². The van der Waals surface area contributed by atoms with Crippen LogP contribution in [0.15, 0.2) is 18.2 Å². The zero-order valence-electron chi connectivity index (χ0n) is 18.0. The van der Waals surface area contributed by atoms with Crippen molar-refractivity contribution in [3.63, 3.8) is 0 Å². The van der Waals surface area contributed by atoms with E-state index >= 15 is 0 Å². The number of benzene rings is 1. The van der Waals surface area contributed by atoms with Gasteiger partial charge in [0, 0.05) is 18.6 Å². The van der Waals surface area contributed by atoms with E-state index in [4.69, 9.17) is 14.2 Å². The highest BCUT2D eigenvalue weighted by Gasteiger charge is 2.45. The van der Waals surface area contributed by atoms with Crippen LogP contribution in [0.25, 0.3) is 0 Å². The number of ether oxygens (including phenoxy) is 3. The van der Waals surface area contributed by atoms with Gasteiger partial charge in [-0.1, -0.05) is 24.8 Å². The molecule has 32 heavy (non-hydrogen) atoms. The largest absolute Gasteiger partial charge is 0.379 e. The summed E-state index contributed by atoms with van der Waals surface area (Å²) in [5, 5.41) is 2.18. The Bertz CT molecular complexity index is 947. The van der Waals surface area contributed by atoms with Crippen molar-refractivity contribution in [1.29, 1.82) is 0 Å². The predicted molar refractivity (Wildman–Crippen MR) is 113 cm³/mol. The molecule has 0 bridgehead atoms. The van der Waals surface area contributed by atoms with Gasteiger partial charge in [-0.3, -0.25) is 29.4 Å². The van der Waals surface area contributed by atoms with Crippen LogP contribution in [0, 0.1) is 11.8 Å². The summed E-state index contributed by atoms with van der Waals surface area (Å²) in [6, 6.07) is 3.81. The molecule has 9 heteroatoms. The molecule has 0 saturated carbocycles. The summed E-state index contributed by atoms with van der Waals surface area (Å²) in [7, 11) is 0. The molecular formula is C23H26N2O7. The van der Waals surface area contributed by atoms with Crippen LogP contribution in [-0.4, -0.2) is 74.2 Å². The molecule has 9 nitrogen and oxygen atoms in total. The highest BCUT2D eigenvalue weighted by molar-refractivity contribution is 6.24. The van der Waals surface area contributed by atoms with Crippen molar-refractivity contribution in [2.45, 2.75) is 32.2 Å². The molecule has 1 unspecified atom stereocenters. The molecule has 0 radical (unpaired) electrons. The average Bonchev–Trinajstić information content (AvgIpc) is 3.03. The number of nitrogens with one attached hydrogen (secondary N) is 1. The Labute approximate surface area is 186 Å². The normalized spacial score (nSPS) is 17.8. The summed E-state index contributed by atoms with van der Waals surface area (Å²) in [6.45, 7) is 4.75. The maximum atomic E-state index is 13.0. The van der Waals surface area contributed by atoms with Crippen LogP contribution in [0.5, 0.6) is 0 Å². The average molecular weight is 442 g/mol. The summed E-state index contributed by atoms with van der Waals surface area (Å²) in [5.74, 6) is 3.52. The predicted octanol–water partition coefficient (Wildman–Crippen LogP) is 0.899. The van der Waals surface area contributed by atoms with Crippen LogP contribution in [-0.2, 0) is 23.8 Å². The lowest BCUT2D eigenvalue weighted by atomic mass is 10.0. The van der Waals surface area contributed by atoms with Gasteiger partial charge < -0.3 is 14.2 Å². The Kier molecular flexibility index (Phi) is 8.50. The van der Waals surface area contributed by atoms with E-state index in [1.54, 1.807) is 12.1 Å². The first-order valence-corrected chi connectivity index (χ1v) is 10.6. The molecule has 2 aliphatic heterocycles. The Balaban J connectivity index is 1.54. The summed E-state index contributed by atoms with van der Waals surface area (Å²) >= 11 is 0. The summed E-state index contributed by atoms with van der Waals surface area (Å²) in [4.78, 5) is 50.2. The van der Waals surface area contributed by atoms with Gasteiger partial charge in [-0.2, -0.15) is 0 Å². The van der Waals surface area contributed by atoms with Crippen LogP contribution in [0.2, 0.25) is 0 Å². The van der Waals surface area contributed by atoms with Crippen LogP contribution >= 0.6 is 0 Å². The quantitative estimate of drug-likeness (QED) is 0.326. The van der Waals surface area contributed by atoms with Gasteiger partial charge in [0.05, 0.1) is 37.6 Å². The number of imide groups is 2. The minimum absolute atomic E-state index is 0.0727. The minimum Gasteiger partial charge on any atom is -0.379 e. The Morgan fingerprint density at radius 3 is 2.44 bits per heavy atom. The van der Waals surface area contributed by atoms with Crippen molar-refractivity contribution in [3.05, 3.63) is 34.9 Å². The molecule has 0 aliphatic carbocycles. The molecule has 2 heterocycles.